The van der Waals surface area contributed by atoms with Crippen molar-refractivity contribution in [3.63, 3.8) is 0 Å². The minimum absolute atomic E-state index is 0.143. The summed E-state index contributed by atoms with van der Waals surface area (Å²) in [5.74, 6) is 0.768. The lowest BCUT2D eigenvalue weighted by molar-refractivity contribution is 0.0725. The van der Waals surface area contributed by atoms with Crippen molar-refractivity contribution in [3.8, 4) is 11.1 Å². The summed E-state index contributed by atoms with van der Waals surface area (Å²) in [5, 5.41) is 12.3. The van der Waals surface area contributed by atoms with Crippen LogP contribution in [0.4, 0.5) is 11.8 Å². The summed E-state index contributed by atoms with van der Waals surface area (Å²) in [6.07, 6.45) is 2.16. The van der Waals surface area contributed by atoms with Crippen LogP contribution in [0.5, 0.6) is 0 Å². The largest absolute Gasteiger partial charge is 0.387 e. The summed E-state index contributed by atoms with van der Waals surface area (Å²) < 4.78 is 0. The maximum absolute atomic E-state index is 10.6. The molecule has 1 atom stereocenters. The first-order valence-corrected chi connectivity index (χ1v) is 9.21. The second kappa shape index (κ2) is 6.76. The highest BCUT2D eigenvalue weighted by molar-refractivity contribution is 6.39. The molecule has 1 aliphatic rings. The van der Waals surface area contributed by atoms with Crippen LogP contribution in [0.15, 0.2) is 30.5 Å². The number of fused-ring (bicyclic) bond motifs is 1. The Hall–Kier alpha value is -2.19. The smallest absolute Gasteiger partial charge is 0.222 e. The van der Waals surface area contributed by atoms with Gasteiger partial charge in [0.05, 0.1) is 15.6 Å². The molecule has 1 aliphatic heterocycles. The van der Waals surface area contributed by atoms with Gasteiger partial charge in [-0.15, -0.1) is 0 Å². The van der Waals surface area contributed by atoms with E-state index in [1.807, 2.05) is 11.0 Å². The SMILES string of the molecule is NCC1(O)CCN(c2nc3nc(N)ncc3cc2-c2c(Cl)cccc2Cl)C1. The molecule has 7 nitrogen and oxygen atoms in total. The molecule has 1 aromatic carbocycles. The minimum Gasteiger partial charge on any atom is -0.387 e. The zero-order valence-electron chi connectivity index (χ0n) is 14.4. The highest BCUT2D eigenvalue weighted by atomic mass is 35.5. The Morgan fingerprint density at radius 3 is 2.63 bits per heavy atom. The molecule has 3 aromatic rings. The van der Waals surface area contributed by atoms with Crippen molar-refractivity contribution < 1.29 is 5.11 Å². The van der Waals surface area contributed by atoms with Crippen LogP contribution in [-0.4, -0.2) is 45.3 Å². The predicted molar refractivity (Wildman–Crippen MR) is 108 cm³/mol. The van der Waals surface area contributed by atoms with Crippen LogP contribution < -0.4 is 16.4 Å². The fraction of sp³-hybridized carbons (Fsp3) is 0.278. The number of halogens is 2. The maximum atomic E-state index is 10.6. The Kier molecular flexibility index (Phi) is 4.55. The lowest BCUT2D eigenvalue weighted by Gasteiger charge is -2.24. The third kappa shape index (κ3) is 3.27. The number of hydrogen-bond acceptors (Lipinski definition) is 7. The maximum Gasteiger partial charge on any atom is 0.222 e. The summed E-state index contributed by atoms with van der Waals surface area (Å²) in [6.45, 7) is 1.13. The topological polar surface area (TPSA) is 114 Å². The Labute approximate surface area is 165 Å². The molecule has 0 radical (unpaired) electrons. The van der Waals surface area contributed by atoms with Gasteiger partial charge in [-0.2, -0.15) is 4.98 Å². The third-order valence-corrected chi connectivity index (χ3v) is 5.44. The van der Waals surface area contributed by atoms with Gasteiger partial charge in [-0.25, -0.2) is 9.97 Å². The van der Waals surface area contributed by atoms with Gasteiger partial charge in [0.25, 0.3) is 0 Å². The van der Waals surface area contributed by atoms with E-state index in [2.05, 4.69) is 9.97 Å². The van der Waals surface area contributed by atoms with Gasteiger partial charge in [0, 0.05) is 42.3 Å². The molecular weight excluding hydrogens is 387 g/mol. The third-order valence-electron chi connectivity index (χ3n) is 4.81. The molecule has 0 amide bonds. The molecule has 140 valence electrons. The van der Waals surface area contributed by atoms with Crippen LogP contribution in [0, 0.1) is 0 Å². The number of aliphatic hydroxyl groups is 1. The molecule has 1 unspecified atom stereocenters. The number of benzene rings is 1. The quantitative estimate of drug-likeness (QED) is 0.613. The standard InChI is InChI=1S/C18H18Cl2N6O/c19-12-2-1-3-13(20)14(12)11-6-10-7-23-17(22)25-15(10)24-16(11)26-5-4-18(27,8-21)9-26/h1-3,6-7,27H,4-5,8-9,21H2,(H2,22,23,24,25). The van der Waals surface area contributed by atoms with Gasteiger partial charge in [0.15, 0.2) is 5.65 Å². The minimum atomic E-state index is -0.955. The highest BCUT2D eigenvalue weighted by Crippen LogP contribution is 2.41. The molecule has 1 saturated heterocycles. The number of nitrogens with two attached hydrogens (primary N) is 2. The van der Waals surface area contributed by atoms with Crippen LogP contribution >= 0.6 is 23.2 Å². The summed E-state index contributed by atoms with van der Waals surface area (Å²) in [5.41, 5.74) is 12.4. The Morgan fingerprint density at radius 2 is 1.96 bits per heavy atom. The van der Waals surface area contributed by atoms with Gasteiger partial charge < -0.3 is 21.5 Å². The first-order valence-electron chi connectivity index (χ1n) is 8.45. The van der Waals surface area contributed by atoms with Gasteiger partial charge >= 0.3 is 0 Å². The average Bonchev–Trinajstić information content (AvgIpc) is 3.04. The Morgan fingerprint density at radius 1 is 1.22 bits per heavy atom. The lowest BCUT2D eigenvalue weighted by Crippen LogP contribution is -2.40. The number of aromatic nitrogens is 3. The molecule has 4 rings (SSSR count). The number of pyridine rings is 1. The number of nitrogens with zero attached hydrogens (tertiary/aromatic N) is 4. The number of rotatable bonds is 3. The van der Waals surface area contributed by atoms with Gasteiger partial charge in [0.1, 0.15) is 5.82 Å². The van der Waals surface area contributed by atoms with Crippen molar-refractivity contribution in [1.82, 2.24) is 15.0 Å². The van der Waals surface area contributed by atoms with Crippen molar-refractivity contribution in [2.75, 3.05) is 30.3 Å². The van der Waals surface area contributed by atoms with Crippen LogP contribution in [0.1, 0.15) is 6.42 Å². The van der Waals surface area contributed by atoms with Crippen molar-refractivity contribution >= 4 is 46.0 Å². The molecule has 27 heavy (non-hydrogen) atoms. The second-order valence-corrected chi connectivity index (χ2v) is 7.51. The Bertz CT molecular complexity index is 1010. The summed E-state index contributed by atoms with van der Waals surface area (Å²) >= 11 is 12.9. The zero-order valence-corrected chi connectivity index (χ0v) is 15.9. The molecular formula is C18H18Cl2N6O. The molecule has 0 saturated carbocycles. The van der Waals surface area contributed by atoms with Crippen molar-refractivity contribution in [2.45, 2.75) is 12.0 Å². The molecule has 2 aromatic heterocycles. The van der Waals surface area contributed by atoms with Crippen LogP contribution in [0.2, 0.25) is 10.0 Å². The van der Waals surface area contributed by atoms with E-state index in [0.717, 1.165) is 5.56 Å². The number of hydrogen-bond donors (Lipinski definition) is 3. The predicted octanol–water partition coefficient (Wildman–Crippen LogP) is 2.48. The van der Waals surface area contributed by atoms with E-state index in [9.17, 15) is 5.11 Å². The number of nitrogen functional groups attached to an aromatic ring is 1. The number of β-amino-alcohol motifs (C(OH)–C–C–N with tert-alkyl or cyclic N) is 1. The van der Waals surface area contributed by atoms with E-state index in [1.165, 1.54) is 0 Å². The summed E-state index contributed by atoms with van der Waals surface area (Å²) in [4.78, 5) is 14.9. The molecule has 3 heterocycles. The van der Waals surface area contributed by atoms with E-state index in [-0.39, 0.29) is 12.5 Å². The Balaban J connectivity index is 1.95. The van der Waals surface area contributed by atoms with E-state index < -0.39 is 5.60 Å². The fourth-order valence-electron chi connectivity index (χ4n) is 3.35. The molecule has 0 bridgehead atoms. The monoisotopic (exact) mass is 404 g/mol. The highest BCUT2D eigenvalue weighted by Gasteiger charge is 2.36. The van der Waals surface area contributed by atoms with Gasteiger partial charge in [0.2, 0.25) is 5.95 Å². The van der Waals surface area contributed by atoms with Crippen molar-refractivity contribution in [1.29, 1.82) is 0 Å². The van der Waals surface area contributed by atoms with Gasteiger partial charge in [-0.1, -0.05) is 29.3 Å². The number of anilines is 2. The van der Waals surface area contributed by atoms with Crippen LogP contribution in [0.3, 0.4) is 0 Å². The van der Waals surface area contributed by atoms with Crippen LogP contribution in [-0.2, 0) is 0 Å². The molecule has 0 aliphatic carbocycles. The first kappa shape index (κ1) is 18.2. The molecule has 1 fully saturated rings. The fourth-order valence-corrected chi connectivity index (χ4v) is 3.95. The van der Waals surface area contributed by atoms with Crippen molar-refractivity contribution in [2.24, 2.45) is 5.73 Å². The second-order valence-electron chi connectivity index (χ2n) is 6.70. The van der Waals surface area contributed by atoms with Gasteiger partial charge in [-0.05, 0) is 24.6 Å². The molecule has 9 heteroatoms. The summed E-state index contributed by atoms with van der Waals surface area (Å²) in [7, 11) is 0. The normalized spacial score (nSPS) is 19.8. The van der Waals surface area contributed by atoms with Crippen molar-refractivity contribution in [3.05, 3.63) is 40.5 Å². The lowest BCUT2D eigenvalue weighted by atomic mass is 10.0. The first-order chi connectivity index (χ1) is 12.9. The van der Waals surface area contributed by atoms with E-state index in [1.54, 1.807) is 24.4 Å². The average molecular weight is 405 g/mol. The van der Waals surface area contributed by atoms with E-state index in [0.29, 0.717) is 52.0 Å². The van der Waals surface area contributed by atoms with Gasteiger partial charge in [-0.3, -0.25) is 0 Å². The van der Waals surface area contributed by atoms with E-state index in [4.69, 9.17) is 39.7 Å². The summed E-state index contributed by atoms with van der Waals surface area (Å²) in [6, 6.07) is 7.23. The van der Waals surface area contributed by atoms with Crippen LogP contribution in [0.25, 0.3) is 22.2 Å². The zero-order chi connectivity index (χ0) is 19.2. The molecule has 0 spiro atoms. The van der Waals surface area contributed by atoms with E-state index >= 15 is 0 Å². The molecule has 5 N–H and O–H groups in total.